The van der Waals surface area contributed by atoms with Crippen LogP contribution in [0, 0.1) is 12.8 Å². The number of carbonyl (C=O) groups excluding carboxylic acids is 1. The summed E-state index contributed by atoms with van der Waals surface area (Å²) < 4.78 is 60.0. The highest BCUT2D eigenvalue weighted by atomic mass is 35.5. The molecule has 2 aromatic rings. The van der Waals surface area contributed by atoms with Crippen LogP contribution in [-0.4, -0.2) is 59.8 Å². The molecule has 3 rings (SSSR count). The minimum Gasteiger partial charge on any atom is -0.492 e. The van der Waals surface area contributed by atoms with Crippen molar-refractivity contribution < 1.29 is 26.4 Å². The Morgan fingerprint density at radius 1 is 1.09 bits per heavy atom. The molecule has 0 unspecified atom stereocenters. The summed E-state index contributed by atoms with van der Waals surface area (Å²) in [5.74, 6) is -0.448. The van der Waals surface area contributed by atoms with Crippen LogP contribution in [0.2, 0.25) is 5.02 Å². The van der Waals surface area contributed by atoms with E-state index in [1.165, 1.54) is 34.6 Å². The number of hydrogen-bond acceptors (Lipinski definition) is 6. The van der Waals surface area contributed by atoms with Crippen LogP contribution in [0.5, 0.6) is 5.75 Å². The lowest BCUT2D eigenvalue weighted by Crippen LogP contribution is -2.46. The number of rotatable bonds is 10. The van der Waals surface area contributed by atoms with Crippen molar-refractivity contribution >= 4 is 37.6 Å². The summed E-state index contributed by atoms with van der Waals surface area (Å²) in [6.45, 7) is 4.51. The number of carbonyl (C=O) groups is 1. The average molecular weight is 544 g/mol. The van der Waals surface area contributed by atoms with Gasteiger partial charge in [0.2, 0.25) is 26.0 Å². The van der Waals surface area contributed by atoms with Crippen molar-refractivity contribution in [3.8, 4) is 5.75 Å². The second-order valence-corrected chi connectivity index (χ2v) is 12.3. The molecule has 12 heteroatoms. The van der Waals surface area contributed by atoms with Gasteiger partial charge >= 0.3 is 0 Å². The molecule has 2 N–H and O–H groups in total. The molecule has 0 bridgehead atoms. The number of nitrogens with zero attached hydrogens (tertiary/aromatic N) is 1. The van der Waals surface area contributed by atoms with E-state index < -0.39 is 26.0 Å². The number of benzene rings is 2. The highest BCUT2D eigenvalue weighted by Crippen LogP contribution is 2.30. The van der Waals surface area contributed by atoms with Crippen molar-refractivity contribution in [2.45, 2.75) is 36.5 Å². The molecule has 0 spiro atoms. The van der Waals surface area contributed by atoms with Gasteiger partial charge in [-0.1, -0.05) is 29.3 Å². The van der Waals surface area contributed by atoms with Gasteiger partial charge in [0.25, 0.3) is 0 Å². The second-order valence-electron chi connectivity index (χ2n) is 8.23. The van der Waals surface area contributed by atoms with E-state index in [0.717, 1.165) is 5.56 Å². The fourth-order valence-electron chi connectivity index (χ4n) is 3.75. The van der Waals surface area contributed by atoms with Crippen LogP contribution in [0.1, 0.15) is 25.3 Å². The van der Waals surface area contributed by atoms with Gasteiger partial charge in [-0.25, -0.2) is 21.6 Å². The molecular formula is C23H30ClN3O6S2. The number of nitrogens with one attached hydrogen (secondary N) is 2. The minimum atomic E-state index is -3.84. The Hall–Kier alpha value is -2.18. The summed E-state index contributed by atoms with van der Waals surface area (Å²) in [5.41, 5.74) is 0.949. The monoisotopic (exact) mass is 543 g/mol. The lowest BCUT2D eigenvalue weighted by atomic mass is 9.99. The normalized spacial score (nSPS) is 17.2. The van der Waals surface area contributed by atoms with Crippen LogP contribution in [0.4, 0.5) is 0 Å². The molecule has 1 heterocycles. The van der Waals surface area contributed by atoms with Gasteiger partial charge in [-0.05, 0) is 57.0 Å². The van der Waals surface area contributed by atoms with E-state index in [-0.39, 0.29) is 40.4 Å². The van der Waals surface area contributed by atoms with Crippen LogP contribution in [0.3, 0.4) is 0 Å². The largest absolute Gasteiger partial charge is 0.492 e. The molecule has 0 radical (unpaired) electrons. The predicted octanol–water partition coefficient (Wildman–Crippen LogP) is 2.54. The van der Waals surface area contributed by atoms with Gasteiger partial charge in [0.05, 0.1) is 27.3 Å². The Labute approximate surface area is 211 Å². The fourth-order valence-corrected chi connectivity index (χ4v) is 6.64. The summed E-state index contributed by atoms with van der Waals surface area (Å²) in [4.78, 5) is 12.9. The first-order valence-electron chi connectivity index (χ1n) is 11.3. The van der Waals surface area contributed by atoms with Crippen molar-refractivity contribution in [2.75, 3.05) is 32.8 Å². The van der Waals surface area contributed by atoms with Gasteiger partial charge in [0, 0.05) is 26.2 Å². The third-order valence-electron chi connectivity index (χ3n) is 5.64. The molecule has 0 aliphatic carbocycles. The third-order valence-corrected chi connectivity index (χ3v) is 9.28. The fraction of sp³-hybridized carbons (Fsp3) is 0.435. The highest BCUT2D eigenvalue weighted by Gasteiger charge is 2.33. The SMILES string of the molecule is CCOc1ccc(S(=O)(=O)N2CCC[C@H](C(=O)NCCNS(=O)(=O)c3ccc(C)cc3)C2)cc1Cl. The number of sulfonamides is 2. The van der Waals surface area contributed by atoms with E-state index in [4.69, 9.17) is 16.3 Å². The molecule has 1 aliphatic rings. The zero-order valence-electron chi connectivity index (χ0n) is 19.7. The van der Waals surface area contributed by atoms with Crippen molar-refractivity contribution in [2.24, 2.45) is 5.92 Å². The van der Waals surface area contributed by atoms with Crippen molar-refractivity contribution in [1.82, 2.24) is 14.3 Å². The highest BCUT2D eigenvalue weighted by molar-refractivity contribution is 7.89. The van der Waals surface area contributed by atoms with Gasteiger partial charge in [0.1, 0.15) is 5.75 Å². The molecule has 1 aliphatic heterocycles. The van der Waals surface area contributed by atoms with Gasteiger partial charge in [-0.2, -0.15) is 4.31 Å². The maximum absolute atomic E-state index is 13.1. The average Bonchev–Trinajstić information content (AvgIpc) is 2.83. The molecule has 9 nitrogen and oxygen atoms in total. The Kier molecular flexibility index (Phi) is 9.16. The zero-order valence-corrected chi connectivity index (χ0v) is 22.0. The molecule has 0 aromatic heterocycles. The molecule has 2 aromatic carbocycles. The van der Waals surface area contributed by atoms with Crippen LogP contribution in [-0.2, 0) is 24.8 Å². The van der Waals surface area contributed by atoms with Crippen molar-refractivity contribution in [3.05, 3.63) is 53.1 Å². The van der Waals surface area contributed by atoms with E-state index in [9.17, 15) is 21.6 Å². The predicted molar refractivity (Wildman–Crippen MR) is 133 cm³/mol. The molecule has 35 heavy (non-hydrogen) atoms. The van der Waals surface area contributed by atoms with E-state index in [2.05, 4.69) is 10.0 Å². The lowest BCUT2D eigenvalue weighted by molar-refractivity contribution is -0.126. The zero-order chi connectivity index (χ0) is 25.6. The summed E-state index contributed by atoms with van der Waals surface area (Å²) in [6, 6.07) is 10.8. The summed E-state index contributed by atoms with van der Waals surface area (Å²) >= 11 is 6.16. The van der Waals surface area contributed by atoms with E-state index in [1.54, 1.807) is 19.1 Å². The number of amides is 1. The third kappa shape index (κ3) is 6.95. The standard InChI is InChI=1S/C23H30ClN3O6S2/c1-3-33-22-11-10-20(15-21(22)24)35(31,32)27-14-4-5-18(16-27)23(28)25-12-13-26-34(29,30)19-8-6-17(2)7-9-19/h6-11,15,18,26H,3-5,12-14,16H2,1-2H3,(H,25,28)/t18-/m0/s1. The first-order valence-corrected chi connectivity index (χ1v) is 14.6. The van der Waals surface area contributed by atoms with Gasteiger partial charge in [-0.3, -0.25) is 4.79 Å². The van der Waals surface area contributed by atoms with Crippen molar-refractivity contribution in [3.63, 3.8) is 0 Å². The number of piperidine rings is 1. The second kappa shape index (κ2) is 11.7. The van der Waals surface area contributed by atoms with E-state index in [0.29, 0.717) is 31.7 Å². The summed E-state index contributed by atoms with van der Waals surface area (Å²) in [5, 5.41) is 2.90. The maximum atomic E-state index is 13.1. The number of halogens is 1. The van der Waals surface area contributed by atoms with Gasteiger partial charge < -0.3 is 10.1 Å². The first-order chi connectivity index (χ1) is 16.5. The van der Waals surface area contributed by atoms with Crippen LogP contribution < -0.4 is 14.8 Å². The van der Waals surface area contributed by atoms with Gasteiger partial charge in [0.15, 0.2) is 0 Å². The molecule has 192 valence electrons. The number of hydrogen-bond donors (Lipinski definition) is 2. The smallest absolute Gasteiger partial charge is 0.243 e. The Morgan fingerprint density at radius 2 is 1.77 bits per heavy atom. The quantitative estimate of drug-likeness (QED) is 0.444. The first kappa shape index (κ1) is 27.4. The van der Waals surface area contributed by atoms with Crippen LogP contribution >= 0.6 is 11.6 Å². The molecule has 1 atom stereocenters. The number of ether oxygens (including phenoxy) is 1. The summed E-state index contributed by atoms with van der Waals surface area (Å²) in [7, 11) is -7.52. The minimum absolute atomic E-state index is 0.0152. The molecule has 1 fully saturated rings. The molecule has 1 saturated heterocycles. The Morgan fingerprint density at radius 3 is 2.43 bits per heavy atom. The Balaban J connectivity index is 1.55. The number of aryl methyl sites for hydroxylation is 1. The Bertz CT molecular complexity index is 1250. The maximum Gasteiger partial charge on any atom is 0.243 e. The lowest BCUT2D eigenvalue weighted by Gasteiger charge is -2.31. The molecule has 0 saturated carbocycles. The molecule has 1 amide bonds. The van der Waals surface area contributed by atoms with Crippen LogP contribution in [0.15, 0.2) is 52.3 Å². The summed E-state index contributed by atoms with van der Waals surface area (Å²) in [6.07, 6.45) is 1.07. The topological polar surface area (TPSA) is 122 Å². The van der Waals surface area contributed by atoms with Crippen LogP contribution in [0.25, 0.3) is 0 Å². The van der Waals surface area contributed by atoms with Crippen molar-refractivity contribution in [1.29, 1.82) is 0 Å². The van der Waals surface area contributed by atoms with E-state index >= 15 is 0 Å². The van der Waals surface area contributed by atoms with E-state index in [1.807, 2.05) is 6.92 Å². The molecular weight excluding hydrogens is 514 g/mol. The van der Waals surface area contributed by atoms with Gasteiger partial charge in [-0.15, -0.1) is 0 Å².